The number of phenols is 1. The molecule has 3 N–H and O–H groups in total. The second-order valence-electron chi connectivity index (χ2n) is 4.00. The largest absolute Gasteiger partial charge is 0.507 e. The summed E-state index contributed by atoms with van der Waals surface area (Å²) in [4.78, 5) is 4.12. The fraction of sp³-hybridized carbons (Fsp3) is 0.0833. The highest BCUT2D eigenvalue weighted by molar-refractivity contribution is 5.72. The number of benzene rings is 1. The van der Waals surface area contributed by atoms with Crippen molar-refractivity contribution in [2.24, 2.45) is 0 Å². The summed E-state index contributed by atoms with van der Waals surface area (Å²) >= 11 is 0. The monoisotopic (exact) mass is 241 g/mol. The molecule has 0 bridgehead atoms. The Morgan fingerprint density at radius 1 is 1.28 bits per heavy atom. The average molecular weight is 241 g/mol. The standard InChI is InChI=1S/C12H11N5O/c1-7-3-2-4-8(18)9(7)11-16-15-10(13)12-14-5-6-17(11)12/h2-6,18H,1H3,(H2,13,15). The minimum absolute atomic E-state index is 0.157. The Bertz CT molecular complexity index is 714. The highest BCUT2D eigenvalue weighted by Gasteiger charge is 2.14. The van der Waals surface area contributed by atoms with Crippen LogP contribution in [-0.4, -0.2) is 24.7 Å². The number of hydrogen-bond acceptors (Lipinski definition) is 5. The van der Waals surface area contributed by atoms with Crippen LogP contribution in [0, 0.1) is 6.92 Å². The van der Waals surface area contributed by atoms with Crippen LogP contribution in [0.5, 0.6) is 5.75 Å². The molecular formula is C12H11N5O. The second kappa shape index (κ2) is 3.69. The summed E-state index contributed by atoms with van der Waals surface area (Å²) in [6, 6.07) is 5.29. The average Bonchev–Trinajstić information content (AvgIpc) is 2.81. The van der Waals surface area contributed by atoms with Crippen LogP contribution in [0.3, 0.4) is 0 Å². The predicted molar refractivity (Wildman–Crippen MR) is 67.0 cm³/mol. The van der Waals surface area contributed by atoms with E-state index in [0.717, 1.165) is 5.56 Å². The van der Waals surface area contributed by atoms with Crippen molar-refractivity contribution in [1.29, 1.82) is 0 Å². The SMILES string of the molecule is Cc1cccc(O)c1-c1nnc(N)c2nccn12. The number of hydrogen-bond donors (Lipinski definition) is 2. The molecular weight excluding hydrogens is 230 g/mol. The van der Waals surface area contributed by atoms with Crippen LogP contribution in [-0.2, 0) is 0 Å². The molecule has 0 unspecified atom stereocenters. The van der Waals surface area contributed by atoms with Crippen molar-refractivity contribution in [3.8, 4) is 17.1 Å². The summed E-state index contributed by atoms with van der Waals surface area (Å²) < 4.78 is 1.71. The van der Waals surface area contributed by atoms with Crippen LogP contribution in [0.4, 0.5) is 5.82 Å². The highest BCUT2D eigenvalue weighted by Crippen LogP contribution is 2.31. The van der Waals surface area contributed by atoms with Gasteiger partial charge in [-0.05, 0) is 18.6 Å². The summed E-state index contributed by atoms with van der Waals surface area (Å²) in [6.45, 7) is 1.90. The summed E-state index contributed by atoms with van der Waals surface area (Å²) in [5.41, 5.74) is 7.77. The molecule has 0 fully saturated rings. The third kappa shape index (κ3) is 1.39. The molecule has 0 aliphatic rings. The van der Waals surface area contributed by atoms with E-state index in [0.29, 0.717) is 17.0 Å². The second-order valence-corrected chi connectivity index (χ2v) is 4.00. The Balaban J connectivity index is 2.39. The molecule has 0 amide bonds. The first-order valence-electron chi connectivity index (χ1n) is 5.42. The number of nitrogen functional groups attached to an aromatic ring is 1. The first kappa shape index (κ1) is 10.5. The maximum atomic E-state index is 9.98. The molecule has 2 heterocycles. The zero-order valence-electron chi connectivity index (χ0n) is 9.70. The molecule has 0 aliphatic carbocycles. The Hall–Kier alpha value is -2.63. The fourth-order valence-electron chi connectivity index (χ4n) is 1.97. The van der Waals surface area contributed by atoms with Gasteiger partial charge in [0.15, 0.2) is 17.3 Å². The lowest BCUT2D eigenvalue weighted by molar-refractivity contribution is 0.476. The minimum Gasteiger partial charge on any atom is -0.507 e. The van der Waals surface area contributed by atoms with Gasteiger partial charge in [-0.1, -0.05) is 12.1 Å². The van der Waals surface area contributed by atoms with Gasteiger partial charge >= 0.3 is 0 Å². The van der Waals surface area contributed by atoms with Gasteiger partial charge in [0.1, 0.15) is 5.75 Å². The number of anilines is 1. The molecule has 90 valence electrons. The molecule has 3 aromatic rings. The summed E-state index contributed by atoms with van der Waals surface area (Å²) in [7, 11) is 0. The van der Waals surface area contributed by atoms with Gasteiger partial charge in [-0.15, -0.1) is 10.2 Å². The van der Waals surface area contributed by atoms with Gasteiger partial charge in [0.2, 0.25) is 0 Å². The van der Waals surface area contributed by atoms with E-state index in [2.05, 4.69) is 15.2 Å². The Kier molecular flexibility index (Phi) is 2.16. The van der Waals surface area contributed by atoms with Crippen molar-refractivity contribution in [3.05, 3.63) is 36.2 Å². The number of aromatic hydroxyl groups is 1. The maximum absolute atomic E-state index is 9.98. The molecule has 0 spiro atoms. The first-order chi connectivity index (χ1) is 8.68. The van der Waals surface area contributed by atoms with Gasteiger partial charge in [-0.3, -0.25) is 4.40 Å². The molecule has 6 nitrogen and oxygen atoms in total. The minimum atomic E-state index is 0.157. The van der Waals surface area contributed by atoms with Gasteiger partial charge in [0.05, 0.1) is 5.56 Å². The van der Waals surface area contributed by atoms with Crippen LogP contribution < -0.4 is 5.73 Å². The lowest BCUT2D eigenvalue weighted by Crippen LogP contribution is -2.04. The Morgan fingerprint density at radius 2 is 2.11 bits per heavy atom. The zero-order chi connectivity index (χ0) is 12.7. The van der Waals surface area contributed by atoms with E-state index in [1.807, 2.05) is 13.0 Å². The summed E-state index contributed by atoms with van der Waals surface area (Å²) in [5, 5.41) is 17.9. The van der Waals surface area contributed by atoms with Gasteiger partial charge in [-0.25, -0.2) is 4.98 Å². The van der Waals surface area contributed by atoms with E-state index in [9.17, 15) is 5.11 Å². The van der Waals surface area contributed by atoms with Crippen molar-refractivity contribution in [3.63, 3.8) is 0 Å². The van der Waals surface area contributed by atoms with Gasteiger partial charge in [-0.2, -0.15) is 0 Å². The van der Waals surface area contributed by atoms with Gasteiger partial charge in [0, 0.05) is 12.4 Å². The number of phenolic OH excluding ortho intramolecular Hbond substituents is 1. The van der Waals surface area contributed by atoms with Crippen molar-refractivity contribution < 1.29 is 5.11 Å². The Morgan fingerprint density at radius 3 is 2.89 bits per heavy atom. The van der Waals surface area contributed by atoms with E-state index < -0.39 is 0 Å². The maximum Gasteiger partial charge on any atom is 0.189 e. The number of nitrogens with two attached hydrogens (primary N) is 1. The highest BCUT2D eigenvalue weighted by atomic mass is 16.3. The Labute approximate surface area is 103 Å². The van der Waals surface area contributed by atoms with E-state index >= 15 is 0 Å². The summed E-state index contributed by atoms with van der Waals surface area (Å²) in [5.74, 6) is 0.938. The van der Waals surface area contributed by atoms with E-state index in [1.165, 1.54) is 0 Å². The van der Waals surface area contributed by atoms with E-state index in [4.69, 9.17) is 5.73 Å². The molecule has 0 radical (unpaired) electrons. The van der Waals surface area contributed by atoms with Crippen LogP contribution in [0.25, 0.3) is 17.0 Å². The molecule has 18 heavy (non-hydrogen) atoms. The number of imidazole rings is 1. The van der Waals surface area contributed by atoms with Crippen molar-refractivity contribution in [1.82, 2.24) is 19.6 Å². The zero-order valence-corrected chi connectivity index (χ0v) is 9.70. The van der Waals surface area contributed by atoms with Crippen molar-refractivity contribution >= 4 is 11.5 Å². The molecule has 0 aliphatic heterocycles. The normalized spacial score (nSPS) is 10.9. The van der Waals surface area contributed by atoms with Crippen LogP contribution >= 0.6 is 0 Å². The lowest BCUT2D eigenvalue weighted by atomic mass is 10.1. The van der Waals surface area contributed by atoms with Gasteiger partial charge in [0.25, 0.3) is 0 Å². The first-order valence-corrected chi connectivity index (χ1v) is 5.42. The van der Waals surface area contributed by atoms with E-state index in [1.54, 1.807) is 28.9 Å². The summed E-state index contributed by atoms with van der Waals surface area (Å²) in [6.07, 6.45) is 3.36. The lowest BCUT2D eigenvalue weighted by Gasteiger charge is -2.09. The molecule has 6 heteroatoms. The van der Waals surface area contributed by atoms with Crippen LogP contribution in [0.2, 0.25) is 0 Å². The molecule has 2 aromatic heterocycles. The number of aryl methyl sites for hydroxylation is 1. The predicted octanol–water partition coefficient (Wildman–Crippen LogP) is 1.39. The van der Waals surface area contributed by atoms with Crippen LogP contribution in [0.1, 0.15) is 5.56 Å². The smallest absolute Gasteiger partial charge is 0.189 e. The van der Waals surface area contributed by atoms with Crippen LogP contribution in [0.15, 0.2) is 30.6 Å². The molecule has 0 saturated heterocycles. The third-order valence-corrected chi connectivity index (χ3v) is 2.82. The van der Waals surface area contributed by atoms with Crippen molar-refractivity contribution in [2.45, 2.75) is 6.92 Å². The van der Waals surface area contributed by atoms with Gasteiger partial charge < -0.3 is 10.8 Å². The number of aromatic nitrogens is 4. The van der Waals surface area contributed by atoms with E-state index in [-0.39, 0.29) is 11.6 Å². The van der Waals surface area contributed by atoms with Crippen molar-refractivity contribution in [2.75, 3.05) is 5.73 Å². The fourth-order valence-corrected chi connectivity index (χ4v) is 1.97. The topological polar surface area (TPSA) is 89.3 Å². The molecule has 0 atom stereocenters. The number of rotatable bonds is 1. The molecule has 3 rings (SSSR count). The molecule has 1 aromatic carbocycles. The third-order valence-electron chi connectivity index (χ3n) is 2.82. The number of nitrogens with zero attached hydrogens (tertiary/aromatic N) is 4. The number of fused-ring (bicyclic) bond motifs is 1. The quantitative estimate of drug-likeness (QED) is 0.672. The molecule has 0 saturated carbocycles.